The van der Waals surface area contributed by atoms with Crippen molar-refractivity contribution >= 4 is 39.8 Å². The van der Waals surface area contributed by atoms with E-state index in [4.69, 9.17) is 0 Å². The van der Waals surface area contributed by atoms with Crippen molar-refractivity contribution in [1.82, 2.24) is 15.3 Å². The van der Waals surface area contributed by atoms with Gasteiger partial charge < -0.3 is 9.88 Å². The molecule has 0 fully saturated rings. The first kappa shape index (κ1) is 21.3. The lowest BCUT2D eigenvalue weighted by atomic mass is 10.1. The molecular formula is C26H26N4O2. The third-order valence-corrected chi connectivity index (χ3v) is 5.43. The molecule has 0 radical (unpaired) electrons. The lowest BCUT2D eigenvalue weighted by Gasteiger charge is -2.05. The number of rotatable bonds is 8. The van der Waals surface area contributed by atoms with Gasteiger partial charge in [0.15, 0.2) is 0 Å². The summed E-state index contributed by atoms with van der Waals surface area (Å²) in [5.41, 5.74) is 6.81. The first-order valence-corrected chi connectivity index (χ1v) is 10.8. The minimum Gasteiger partial charge on any atom is -0.352 e. The van der Waals surface area contributed by atoms with Crippen molar-refractivity contribution in [2.75, 3.05) is 0 Å². The van der Waals surface area contributed by atoms with Gasteiger partial charge in [-0.1, -0.05) is 54.6 Å². The fourth-order valence-electron chi connectivity index (χ4n) is 3.84. The molecule has 1 aromatic heterocycles. The van der Waals surface area contributed by atoms with Gasteiger partial charge in [-0.05, 0) is 36.2 Å². The molecule has 32 heavy (non-hydrogen) atoms. The van der Waals surface area contributed by atoms with Crippen LogP contribution in [0.1, 0.15) is 30.9 Å². The molecule has 0 bridgehead atoms. The van der Waals surface area contributed by atoms with Gasteiger partial charge in [0, 0.05) is 47.7 Å². The second-order valence-corrected chi connectivity index (χ2v) is 7.59. The number of amides is 2. The van der Waals surface area contributed by atoms with E-state index in [1.807, 2.05) is 48.5 Å². The minimum atomic E-state index is -0.292. The van der Waals surface area contributed by atoms with Crippen molar-refractivity contribution in [3.05, 3.63) is 83.9 Å². The summed E-state index contributed by atoms with van der Waals surface area (Å²) in [7, 11) is 0. The number of hydrogen-bond donors (Lipinski definition) is 2. The van der Waals surface area contributed by atoms with Crippen molar-refractivity contribution in [3.8, 4) is 0 Å². The highest BCUT2D eigenvalue weighted by Gasteiger charge is 2.09. The molecule has 6 heteroatoms. The molecule has 2 N–H and O–H groups in total. The van der Waals surface area contributed by atoms with Crippen LogP contribution < -0.4 is 10.7 Å². The van der Waals surface area contributed by atoms with Crippen LogP contribution in [-0.4, -0.2) is 22.6 Å². The maximum absolute atomic E-state index is 12.0. The van der Waals surface area contributed by atoms with Gasteiger partial charge in [-0.2, -0.15) is 5.10 Å². The van der Waals surface area contributed by atoms with Crippen molar-refractivity contribution in [2.45, 2.75) is 32.9 Å². The number of carbonyl (C=O) groups excluding carboxylic acids is 2. The highest BCUT2D eigenvalue weighted by molar-refractivity contribution is 6.09. The van der Waals surface area contributed by atoms with Crippen LogP contribution in [0.5, 0.6) is 0 Å². The molecule has 4 aromatic rings. The first-order valence-electron chi connectivity index (χ1n) is 10.8. The maximum atomic E-state index is 12.0. The van der Waals surface area contributed by atoms with Crippen LogP contribution in [0.3, 0.4) is 0 Å². The second-order valence-electron chi connectivity index (χ2n) is 7.59. The van der Waals surface area contributed by atoms with Crippen LogP contribution in [0, 0.1) is 0 Å². The molecule has 1 heterocycles. The molecule has 0 saturated heterocycles. The van der Waals surface area contributed by atoms with Gasteiger partial charge >= 0.3 is 0 Å². The largest absolute Gasteiger partial charge is 0.352 e. The molecule has 162 valence electrons. The summed E-state index contributed by atoms with van der Waals surface area (Å²) < 4.78 is 2.29. The number of hydrogen-bond acceptors (Lipinski definition) is 3. The average molecular weight is 427 g/mol. The third kappa shape index (κ3) is 4.86. The van der Waals surface area contributed by atoms with Crippen molar-refractivity contribution in [3.63, 3.8) is 0 Å². The van der Waals surface area contributed by atoms with Crippen LogP contribution in [0.15, 0.2) is 77.9 Å². The van der Waals surface area contributed by atoms with Gasteiger partial charge in [0.1, 0.15) is 0 Å². The summed E-state index contributed by atoms with van der Waals surface area (Å²) in [6.07, 6.45) is 1.84. The van der Waals surface area contributed by atoms with E-state index in [2.05, 4.69) is 51.6 Å². The van der Waals surface area contributed by atoms with E-state index < -0.39 is 0 Å². The van der Waals surface area contributed by atoms with Crippen LogP contribution in [0.2, 0.25) is 0 Å². The number of nitrogens with zero attached hydrogens (tertiary/aromatic N) is 2. The van der Waals surface area contributed by atoms with E-state index >= 15 is 0 Å². The van der Waals surface area contributed by atoms with Crippen LogP contribution in [0.25, 0.3) is 21.8 Å². The van der Waals surface area contributed by atoms with Crippen LogP contribution >= 0.6 is 0 Å². The summed E-state index contributed by atoms with van der Waals surface area (Å²) in [6.45, 7) is 3.49. The summed E-state index contributed by atoms with van der Waals surface area (Å²) >= 11 is 0. The molecule has 0 aliphatic heterocycles. The molecule has 3 aromatic carbocycles. The van der Waals surface area contributed by atoms with Crippen LogP contribution in [0.4, 0.5) is 0 Å². The zero-order valence-electron chi connectivity index (χ0n) is 18.0. The highest BCUT2D eigenvalue weighted by atomic mass is 16.2. The average Bonchev–Trinajstić information content (AvgIpc) is 3.15. The topological polar surface area (TPSA) is 75.5 Å². The fourth-order valence-corrected chi connectivity index (χ4v) is 3.84. The van der Waals surface area contributed by atoms with Crippen LogP contribution in [-0.2, 0) is 22.7 Å². The Balaban J connectivity index is 1.32. The number of benzene rings is 3. The highest BCUT2D eigenvalue weighted by Crippen LogP contribution is 2.29. The molecule has 0 saturated carbocycles. The van der Waals surface area contributed by atoms with Gasteiger partial charge in [0.2, 0.25) is 11.8 Å². The molecule has 6 nitrogen and oxygen atoms in total. The number of nitrogens with one attached hydrogen (secondary N) is 2. The lowest BCUT2D eigenvalue weighted by Crippen LogP contribution is -2.25. The summed E-state index contributed by atoms with van der Waals surface area (Å²) in [5.74, 6) is -0.453. The zero-order chi connectivity index (χ0) is 22.3. The van der Waals surface area contributed by atoms with E-state index in [1.165, 1.54) is 16.4 Å². The predicted molar refractivity (Wildman–Crippen MR) is 128 cm³/mol. The molecule has 0 unspecified atom stereocenters. The Morgan fingerprint density at radius 2 is 1.59 bits per heavy atom. The van der Waals surface area contributed by atoms with Crippen molar-refractivity contribution < 1.29 is 9.59 Å². The first-order chi connectivity index (χ1) is 15.7. The second kappa shape index (κ2) is 9.92. The normalized spacial score (nSPS) is 11.3. The number of carbonyl (C=O) groups is 2. The Morgan fingerprint density at radius 3 is 2.41 bits per heavy atom. The molecule has 4 rings (SSSR count). The number of para-hydroxylation sites is 1. The molecule has 0 spiro atoms. The Bertz CT molecular complexity index is 1280. The number of aryl methyl sites for hydroxylation is 1. The summed E-state index contributed by atoms with van der Waals surface area (Å²) in [6, 6.07) is 24.1. The fraction of sp³-hybridized carbons (Fsp3) is 0.192. The van der Waals surface area contributed by atoms with Crippen molar-refractivity contribution in [1.29, 1.82) is 0 Å². The predicted octanol–water partition coefficient (Wildman–Crippen LogP) is 4.36. The van der Waals surface area contributed by atoms with E-state index in [0.717, 1.165) is 23.1 Å². The Hall–Kier alpha value is -3.93. The number of aromatic nitrogens is 1. The Kier molecular flexibility index (Phi) is 6.60. The SMILES string of the molecule is CCn1c2ccccc2c2cc(C=NNC(=O)CCC(=O)NCc3ccccc3)ccc21. The number of fused-ring (bicyclic) bond motifs is 3. The summed E-state index contributed by atoms with van der Waals surface area (Å²) in [5, 5.41) is 9.24. The van der Waals surface area contributed by atoms with Gasteiger partial charge in [-0.3, -0.25) is 9.59 Å². The summed E-state index contributed by atoms with van der Waals surface area (Å²) in [4.78, 5) is 24.0. The number of hydrazone groups is 1. The van der Waals surface area contributed by atoms with E-state index in [-0.39, 0.29) is 24.7 Å². The van der Waals surface area contributed by atoms with E-state index in [1.54, 1.807) is 6.21 Å². The Labute approximate surface area is 186 Å². The monoisotopic (exact) mass is 426 g/mol. The molecule has 0 aliphatic rings. The zero-order valence-corrected chi connectivity index (χ0v) is 18.0. The van der Waals surface area contributed by atoms with Gasteiger partial charge in [0.25, 0.3) is 0 Å². The van der Waals surface area contributed by atoms with Gasteiger partial charge in [-0.25, -0.2) is 5.43 Å². The standard InChI is InChI=1S/C26H26N4O2/c1-2-30-23-11-7-6-10-21(23)22-16-20(12-13-24(22)30)18-28-29-26(32)15-14-25(31)27-17-19-8-4-3-5-9-19/h3-13,16,18H,2,14-15,17H2,1H3,(H,27,31)(H,29,32). The van der Waals surface area contributed by atoms with E-state index in [9.17, 15) is 9.59 Å². The molecule has 0 aliphatic carbocycles. The molecule has 2 amide bonds. The van der Waals surface area contributed by atoms with E-state index in [0.29, 0.717) is 6.54 Å². The Morgan fingerprint density at radius 1 is 0.875 bits per heavy atom. The quantitative estimate of drug-likeness (QED) is 0.324. The minimum absolute atomic E-state index is 0.0843. The smallest absolute Gasteiger partial charge is 0.240 e. The third-order valence-electron chi connectivity index (χ3n) is 5.43. The van der Waals surface area contributed by atoms with Gasteiger partial charge in [-0.15, -0.1) is 0 Å². The van der Waals surface area contributed by atoms with Gasteiger partial charge in [0.05, 0.1) is 6.21 Å². The lowest BCUT2D eigenvalue weighted by molar-refractivity contribution is -0.126. The molecular weight excluding hydrogens is 400 g/mol. The maximum Gasteiger partial charge on any atom is 0.240 e. The van der Waals surface area contributed by atoms with Crippen molar-refractivity contribution in [2.24, 2.45) is 5.10 Å². The molecule has 0 atom stereocenters.